The maximum atomic E-state index is 10.9. The van der Waals surface area contributed by atoms with Gasteiger partial charge in [-0.2, -0.15) is 0 Å². The fourth-order valence-corrected chi connectivity index (χ4v) is 1.26. The minimum absolute atomic E-state index is 0.274. The first-order chi connectivity index (χ1) is 5.75. The molecule has 0 aliphatic heterocycles. The van der Waals surface area contributed by atoms with E-state index in [0.29, 0.717) is 0 Å². The zero-order valence-electron chi connectivity index (χ0n) is 6.73. The van der Waals surface area contributed by atoms with E-state index in [2.05, 4.69) is 12.6 Å². The quantitative estimate of drug-likeness (QED) is 0.722. The van der Waals surface area contributed by atoms with Gasteiger partial charge < -0.3 is 4.74 Å². The van der Waals surface area contributed by atoms with Gasteiger partial charge in [-0.3, -0.25) is 4.79 Å². The van der Waals surface area contributed by atoms with Crippen molar-refractivity contribution in [2.24, 2.45) is 0 Å². The molecule has 0 amide bonds. The van der Waals surface area contributed by atoms with E-state index in [1.54, 1.807) is 0 Å². The third kappa shape index (κ3) is 2.09. The number of hydrogen-bond acceptors (Lipinski definition) is 2. The summed E-state index contributed by atoms with van der Waals surface area (Å²) in [5.41, 5.74) is 0.833. The lowest BCUT2D eigenvalue weighted by atomic mass is 10.1. The number of carbonyl (C=O) groups is 1. The van der Waals surface area contributed by atoms with Gasteiger partial charge in [-0.25, -0.2) is 0 Å². The van der Waals surface area contributed by atoms with Gasteiger partial charge in [-0.1, -0.05) is 30.3 Å². The predicted molar refractivity (Wildman–Crippen MR) is 50.2 cm³/mol. The molecule has 0 bridgehead atoms. The number of methoxy groups -OCH3 is 1. The van der Waals surface area contributed by atoms with E-state index >= 15 is 0 Å². The van der Waals surface area contributed by atoms with E-state index < -0.39 is 6.10 Å². The molecule has 12 heavy (non-hydrogen) atoms. The Kier molecular flexibility index (Phi) is 3.31. The molecule has 0 aliphatic carbocycles. The van der Waals surface area contributed by atoms with Crippen molar-refractivity contribution in [2.45, 2.75) is 6.10 Å². The lowest BCUT2D eigenvalue weighted by molar-refractivity contribution is -0.120. The number of carbonyl (C=O) groups excluding carboxylic acids is 1. The SMILES string of the molecule is CO[C@@H](C(=O)S)c1ccccc1. The van der Waals surface area contributed by atoms with Gasteiger partial charge in [0.05, 0.1) is 0 Å². The molecule has 0 saturated heterocycles. The lowest BCUT2D eigenvalue weighted by Gasteiger charge is -2.10. The average molecular weight is 182 g/mol. The fraction of sp³-hybridized carbons (Fsp3) is 0.222. The van der Waals surface area contributed by atoms with Crippen LogP contribution in [0.5, 0.6) is 0 Å². The monoisotopic (exact) mass is 182 g/mol. The first kappa shape index (κ1) is 9.29. The first-order valence-electron chi connectivity index (χ1n) is 3.56. The van der Waals surface area contributed by atoms with Crippen molar-refractivity contribution in [1.82, 2.24) is 0 Å². The van der Waals surface area contributed by atoms with Crippen LogP contribution >= 0.6 is 12.6 Å². The van der Waals surface area contributed by atoms with Gasteiger partial charge >= 0.3 is 0 Å². The van der Waals surface area contributed by atoms with E-state index in [1.807, 2.05) is 30.3 Å². The van der Waals surface area contributed by atoms with Gasteiger partial charge in [-0.05, 0) is 5.56 Å². The van der Waals surface area contributed by atoms with Crippen molar-refractivity contribution in [3.8, 4) is 0 Å². The highest BCUT2D eigenvalue weighted by Crippen LogP contribution is 2.18. The normalized spacial score (nSPS) is 12.5. The predicted octanol–water partition coefficient (Wildman–Crippen LogP) is 1.83. The molecule has 64 valence electrons. The highest BCUT2D eigenvalue weighted by Gasteiger charge is 2.15. The zero-order chi connectivity index (χ0) is 8.97. The Morgan fingerprint density at radius 1 is 1.42 bits per heavy atom. The Morgan fingerprint density at radius 2 is 2.00 bits per heavy atom. The van der Waals surface area contributed by atoms with Gasteiger partial charge in [0.25, 0.3) is 0 Å². The second kappa shape index (κ2) is 4.28. The first-order valence-corrected chi connectivity index (χ1v) is 4.01. The van der Waals surface area contributed by atoms with Gasteiger partial charge in [-0.15, -0.1) is 12.6 Å². The summed E-state index contributed by atoms with van der Waals surface area (Å²) in [5, 5.41) is -0.274. The van der Waals surface area contributed by atoms with Crippen LogP contribution in [-0.4, -0.2) is 12.2 Å². The van der Waals surface area contributed by atoms with Crippen LogP contribution in [0.4, 0.5) is 0 Å². The molecule has 0 fully saturated rings. The minimum Gasteiger partial charge on any atom is -0.368 e. The Hall–Kier alpha value is -0.800. The second-order valence-corrected chi connectivity index (χ2v) is 2.81. The van der Waals surface area contributed by atoms with E-state index in [4.69, 9.17) is 4.74 Å². The molecule has 0 unspecified atom stereocenters. The topological polar surface area (TPSA) is 26.3 Å². The molecular formula is C9H10O2S. The molecule has 0 radical (unpaired) electrons. The molecular weight excluding hydrogens is 172 g/mol. The number of hydrogen-bond donors (Lipinski definition) is 1. The molecule has 2 nitrogen and oxygen atoms in total. The van der Waals surface area contributed by atoms with Crippen LogP contribution in [0.2, 0.25) is 0 Å². The van der Waals surface area contributed by atoms with Gasteiger partial charge in [0.15, 0.2) is 6.10 Å². The van der Waals surface area contributed by atoms with Crippen LogP contribution in [0.1, 0.15) is 11.7 Å². The summed E-state index contributed by atoms with van der Waals surface area (Å²) < 4.78 is 4.97. The molecule has 0 saturated carbocycles. The largest absolute Gasteiger partial charge is 0.368 e. The number of rotatable bonds is 3. The van der Waals surface area contributed by atoms with Gasteiger partial charge in [0.1, 0.15) is 0 Å². The highest BCUT2D eigenvalue weighted by atomic mass is 32.1. The smallest absolute Gasteiger partial charge is 0.219 e. The second-order valence-electron chi connectivity index (χ2n) is 2.36. The van der Waals surface area contributed by atoms with E-state index in [-0.39, 0.29) is 5.12 Å². The van der Waals surface area contributed by atoms with Crippen LogP contribution in [-0.2, 0) is 9.53 Å². The number of thiol groups is 1. The molecule has 0 N–H and O–H groups in total. The summed E-state index contributed by atoms with van der Waals surface area (Å²) in [4.78, 5) is 10.9. The molecule has 0 aromatic heterocycles. The van der Waals surface area contributed by atoms with Crippen molar-refractivity contribution in [3.63, 3.8) is 0 Å². The lowest BCUT2D eigenvalue weighted by Crippen LogP contribution is -2.08. The summed E-state index contributed by atoms with van der Waals surface area (Å²) in [6, 6.07) is 9.28. The molecule has 0 spiro atoms. The molecule has 1 aromatic carbocycles. The summed E-state index contributed by atoms with van der Waals surface area (Å²) in [7, 11) is 1.49. The van der Waals surface area contributed by atoms with E-state index in [9.17, 15) is 4.79 Å². The van der Waals surface area contributed by atoms with Crippen LogP contribution < -0.4 is 0 Å². The maximum Gasteiger partial charge on any atom is 0.219 e. The molecule has 1 rings (SSSR count). The maximum absolute atomic E-state index is 10.9. The third-order valence-corrected chi connectivity index (χ3v) is 1.80. The average Bonchev–Trinajstić information content (AvgIpc) is 2.07. The summed E-state index contributed by atoms with van der Waals surface area (Å²) in [6.45, 7) is 0. The zero-order valence-corrected chi connectivity index (χ0v) is 7.62. The summed E-state index contributed by atoms with van der Waals surface area (Å²) in [5.74, 6) is 0. The molecule has 0 heterocycles. The Morgan fingerprint density at radius 3 is 2.42 bits per heavy atom. The van der Waals surface area contributed by atoms with Crippen LogP contribution in [0.15, 0.2) is 30.3 Å². The van der Waals surface area contributed by atoms with Crippen molar-refractivity contribution in [2.75, 3.05) is 7.11 Å². The molecule has 0 aliphatic rings. The fourth-order valence-electron chi connectivity index (χ4n) is 1.01. The van der Waals surface area contributed by atoms with Crippen LogP contribution in [0.3, 0.4) is 0 Å². The van der Waals surface area contributed by atoms with Gasteiger partial charge in [0, 0.05) is 7.11 Å². The van der Waals surface area contributed by atoms with E-state index in [0.717, 1.165) is 5.56 Å². The van der Waals surface area contributed by atoms with Crippen molar-refractivity contribution in [3.05, 3.63) is 35.9 Å². The Bertz CT molecular complexity index is 258. The molecule has 1 atom stereocenters. The Balaban J connectivity index is 2.88. The third-order valence-electron chi connectivity index (χ3n) is 1.56. The van der Waals surface area contributed by atoms with Crippen LogP contribution in [0, 0.1) is 0 Å². The summed E-state index contributed by atoms with van der Waals surface area (Å²) in [6.07, 6.45) is -0.547. The highest BCUT2D eigenvalue weighted by molar-refractivity contribution is 7.96. The van der Waals surface area contributed by atoms with Crippen molar-refractivity contribution >= 4 is 17.7 Å². The standard InChI is InChI=1S/C9H10O2S/c1-11-8(9(10)12)7-5-3-2-4-6-7/h2-6,8H,1H3,(H,10,12)/t8-/m1/s1. The van der Waals surface area contributed by atoms with Crippen molar-refractivity contribution < 1.29 is 9.53 Å². The number of ether oxygens (including phenoxy) is 1. The molecule has 3 heteroatoms. The van der Waals surface area contributed by atoms with E-state index in [1.165, 1.54) is 7.11 Å². The van der Waals surface area contributed by atoms with Crippen LogP contribution in [0.25, 0.3) is 0 Å². The van der Waals surface area contributed by atoms with Crippen molar-refractivity contribution in [1.29, 1.82) is 0 Å². The number of benzene rings is 1. The minimum atomic E-state index is -0.547. The summed E-state index contributed by atoms with van der Waals surface area (Å²) >= 11 is 3.72. The Labute approximate surface area is 77.0 Å². The van der Waals surface area contributed by atoms with Gasteiger partial charge in [0.2, 0.25) is 5.12 Å². The molecule has 1 aromatic rings.